The fraction of sp³-hybridized carbons (Fsp3) is 0.455. The van der Waals surface area contributed by atoms with Crippen LogP contribution in [0.2, 0.25) is 0 Å². The summed E-state index contributed by atoms with van der Waals surface area (Å²) < 4.78 is 2.47. The van der Waals surface area contributed by atoms with E-state index in [-0.39, 0.29) is 23.5 Å². The van der Waals surface area contributed by atoms with Crippen molar-refractivity contribution in [1.82, 2.24) is 19.1 Å². The largest absolute Gasteiger partial charge is 0.348 e. The topological polar surface area (TPSA) is 93.0 Å². The van der Waals surface area contributed by atoms with Gasteiger partial charge in [0.05, 0.1) is 6.54 Å². The second kappa shape index (κ2) is 4.38. The lowest BCUT2D eigenvalue weighted by molar-refractivity contribution is -0.117. The summed E-state index contributed by atoms with van der Waals surface area (Å²) in [7, 11) is 4.88. The lowest BCUT2D eigenvalue weighted by Gasteiger charge is -2.13. The Kier molecular flexibility index (Phi) is 3.01. The van der Waals surface area contributed by atoms with Crippen LogP contribution in [-0.2, 0) is 18.4 Å². The Bertz CT molecular complexity index is 765. The molecule has 2 aromatic heterocycles. The number of carbonyl (C=O) groups excluding carboxylic acids is 1. The fourth-order valence-corrected chi connectivity index (χ4v) is 1.90. The Labute approximate surface area is 108 Å². The molecule has 2 rings (SSSR count). The third-order valence-corrected chi connectivity index (χ3v) is 2.77. The van der Waals surface area contributed by atoms with Crippen LogP contribution in [0.15, 0.2) is 9.59 Å². The van der Waals surface area contributed by atoms with Gasteiger partial charge in [0.2, 0.25) is 5.95 Å². The van der Waals surface area contributed by atoms with Gasteiger partial charge in [-0.2, -0.15) is 4.98 Å². The smallest absolute Gasteiger partial charge is 0.329 e. The number of aromatic nitrogens is 4. The number of imidazole rings is 1. The Hall–Kier alpha value is -2.38. The van der Waals surface area contributed by atoms with Crippen molar-refractivity contribution in [3.05, 3.63) is 20.8 Å². The summed E-state index contributed by atoms with van der Waals surface area (Å²) in [6, 6.07) is 0. The van der Waals surface area contributed by atoms with E-state index in [0.717, 1.165) is 4.57 Å². The first kappa shape index (κ1) is 13.1. The number of fused-ring (bicyclic) bond motifs is 1. The quantitative estimate of drug-likeness (QED) is 0.774. The van der Waals surface area contributed by atoms with Crippen LogP contribution in [0.4, 0.5) is 5.95 Å². The van der Waals surface area contributed by atoms with E-state index in [1.807, 2.05) is 0 Å². The molecule has 0 saturated heterocycles. The maximum atomic E-state index is 12.1. The summed E-state index contributed by atoms with van der Waals surface area (Å²) in [4.78, 5) is 43.4. The van der Waals surface area contributed by atoms with Crippen molar-refractivity contribution in [2.24, 2.45) is 7.05 Å². The Morgan fingerprint density at radius 2 is 2.00 bits per heavy atom. The van der Waals surface area contributed by atoms with Gasteiger partial charge in [-0.1, -0.05) is 0 Å². The molecule has 0 aromatic carbocycles. The first-order chi connectivity index (χ1) is 8.82. The molecule has 0 aliphatic rings. The molecule has 0 unspecified atom stereocenters. The van der Waals surface area contributed by atoms with E-state index >= 15 is 0 Å². The standard InChI is InChI=1S/C11H15N5O3/c1-6(17)5-16-7-8(12-10(16)14(2)3)13-11(19)15(4)9(7)18/h5H2,1-4H3,(H,13,19). The van der Waals surface area contributed by atoms with Gasteiger partial charge < -0.3 is 4.90 Å². The van der Waals surface area contributed by atoms with Crippen molar-refractivity contribution < 1.29 is 4.79 Å². The minimum Gasteiger partial charge on any atom is -0.348 e. The molecule has 2 heterocycles. The van der Waals surface area contributed by atoms with Crippen LogP contribution in [0.1, 0.15) is 6.92 Å². The SMILES string of the molecule is CC(=O)Cn1c(N(C)C)nc2[nH]c(=O)n(C)c(=O)c21. The van der Waals surface area contributed by atoms with Gasteiger partial charge in [-0.05, 0) is 6.92 Å². The highest BCUT2D eigenvalue weighted by Gasteiger charge is 2.18. The van der Waals surface area contributed by atoms with Crippen LogP contribution in [0, 0.1) is 0 Å². The lowest BCUT2D eigenvalue weighted by Crippen LogP contribution is -2.33. The maximum absolute atomic E-state index is 12.1. The summed E-state index contributed by atoms with van der Waals surface area (Å²) in [5, 5.41) is 0. The Morgan fingerprint density at radius 3 is 2.53 bits per heavy atom. The number of ketones is 1. The maximum Gasteiger partial charge on any atom is 0.329 e. The average molecular weight is 265 g/mol. The molecule has 2 aromatic rings. The number of hydrogen-bond donors (Lipinski definition) is 1. The summed E-state index contributed by atoms with van der Waals surface area (Å²) in [6.45, 7) is 1.47. The first-order valence-corrected chi connectivity index (χ1v) is 5.69. The molecule has 0 bridgehead atoms. The minimum atomic E-state index is -0.532. The van der Waals surface area contributed by atoms with E-state index in [9.17, 15) is 14.4 Å². The van der Waals surface area contributed by atoms with E-state index in [1.54, 1.807) is 19.0 Å². The number of carbonyl (C=O) groups is 1. The van der Waals surface area contributed by atoms with Gasteiger partial charge in [-0.25, -0.2) is 4.79 Å². The number of rotatable bonds is 3. The molecule has 8 heteroatoms. The first-order valence-electron chi connectivity index (χ1n) is 5.69. The molecule has 0 aliphatic carbocycles. The van der Waals surface area contributed by atoms with E-state index < -0.39 is 11.2 Å². The fourth-order valence-electron chi connectivity index (χ4n) is 1.90. The second-order valence-electron chi connectivity index (χ2n) is 4.59. The van der Waals surface area contributed by atoms with Crippen LogP contribution in [-0.4, -0.2) is 39.0 Å². The number of anilines is 1. The zero-order valence-electron chi connectivity index (χ0n) is 11.2. The van der Waals surface area contributed by atoms with E-state index in [0.29, 0.717) is 5.95 Å². The number of hydrogen-bond acceptors (Lipinski definition) is 5. The number of H-pyrrole nitrogens is 1. The molecule has 102 valence electrons. The Morgan fingerprint density at radius 1 is 1.37 bits per heavy atom. The molecular weight excluding hydrogens is 250 g/mol. The van der Waals surface area contributed by atoms with E-state index in [1.165, 1.54) is 18.5 Å². The third-order valence-electron chi connectivity index (χ3n) is 2.77. The molecule has 0 fully saturated rings. The number of nitrogens with one attached hydrogen (secondary N) is 1. The molecule has 19 heavy (non-hydrogen) atoms. The molecule has 0 amide bonds. The molecule has 0 aliphatic heterocycles. The summed E-state index contributed by atoms with van der Waals surface area (Å²) >= 11 is 0. The summed E-state index contributed by atoms with van der Waals surface area (Å²) in [6.07, 6.45) is 0. The molecule has 8 nitrogen and oxygen atoms in total. The number of aromatic amines is 1. The predicted molar refractivity (Wildman–Crippen MR) is 70.6 cm³/mol. The van der Waals surface area contributed by atoms with Crippen molar-refractivity contribution in [1.29, 1.82) is 0 Å². The van der Waals surface area contributed by atoms with Crippen molar-refractivity contribution in [3.8, 4) is 0 Å². The number of nitrogens with zero attached hydrogens (tertiary/aromatic N) is 4. The molecule has 0 saturated carbocycles. The molecule has 0 atom stereocenters. The Balaban J connectivity index is 2.92. The van der Waals surface area contributed by atoms with Gasteiger partial charge in [0, 0.05) is 21.1 Å². The molecule has 1 N–H and O–H groups in total. The van der Waals surface area contributed by atoms with Gasteiger partial charge >= 0.3 is 5.69 Å². The molecule has 0 spiro atoms. The second-order valence-corrected chi connectivity index (χ2v) is 4.59. The van der Waals surface area contributed by atoms with Crippen LogP contribution in [0.5, 0.6) is 0 Å². The highest BCUT2D eigenvalue weighted by molar-refractivity contribution is 5.80. The molecule has 0 radical (unpaired) electrons. The zero-order chi connectivity index (χ0) is 14.3. The average Bonchev–Trinajstić information content (AvgIpc) is 2.64. The van der Waals surface area contributed by atoms with Crippen molar-refractivity contribution in [2.75, 3.05) is 19.0 Å². The minimum absolute atomic E-state index is 0.0330. The lowest BCUT2D eigenvalue weighted by atomic mass is 10.4. The van der Waals surface area contributed by atoms with Crippen LogP contribution in [0.25, 0.3) is 11.2 Å². The van der Waals surface area contributed by atoms with Crippen molar-refractivity contribution in [3.63, 3.8) is 0 Å². The highest BCUT2D eigenvalue weighted by atomic mass is 16.2. The van der Waals surface area contributed by atoms with Gasteiger partial charge in [0.15, 0.2) is 11.2 Å². The highest BCUT2D eigenvalue weighted by Crippen LogP contribution is 2.16. The normalized spacial score (nSPS) is 10.9. The van der Waals surface area contributed by atoms with E-state index in [4.69, 9.17) is 0 Å². The van der Waals surface area contributed by atoms with Gasteiger partial charge in [0.25, 0.3) is 5.56 Å². The van der Waals surface area contributed by atoms with E-state index in [2.05, 4.69) is 9.97 Å². The monoisotopic (exact) mass is 265 g/mol. The van der Waals surface area contributed by atoms with Crippen molar-refractivity contribution >= 4 is 22.9 Å². The zero-order valence-corrected chi connectivity index (χ0v) is 11.2. The van der Waals surface area contributed by atoms with Crippen LogP contribution in [0.3, 0.4) is 0 Å². The predicted octanol–water partition coefficient (Wildman–Crippen LogP) is -0.922. The van der Waals surface area contributed by atoms with Crippen LogP contribution >= 0.6 is 0 Å². The third kappa shape index (κ3) is 2.05. The number of Topliss-reactive ketones (excluding diaryl/α,β-unsaturated/α-hetero) is 1. The molecular formula is C11H15N5O3. The van der Waals surface area contributed by atoms with Gasteiger partial charge in [-0.15, -0.1) is 0 Å². The van der Waals surface area contributed by atoms with Gasteiger partial charge in [0.1, 0.15) is 5.78 Å². The van der Waals surface area contributed by atoms with Gasteiger partial charge in [-0.3, -0.25) is 23.7 Å². The van der Waals surface area contributed by atoms with Crippen molar-refractivity contribution in [2.45, 2.75) is 13.5 Å². The summed E-state index contributed by atoms with van der Waals surface area (Å²) in [5.41, 5.74) is -0.588. The summed E-state index contributed by atoms with van der Waals surface area (Å²) in [5.74, 6) is 0.347. The van der Waals surface area contributed by atoms with Crippen LogP contribution < -0.4 is 16.1 Å².